The number of Topliss-reactive ketones (excluding diaryl/α,β-unsaturated/α-hetero) is 1. The number of halogens is 2. The van der Waals surface area contributed by atoms with Crippen LogP contribution in [-0.4, -0.2) is 12.4 Å². The number of ether oxygens (including phenoxy) is 1. The lowest BCUT2D eigenvalue weighted by molar-refractivity contribution is 0.0991. The average Bonchev–Trinajstić information content (AvgIpc) is 2.89. The Bertz CT molecular complexity index is 725. The molecule has 0 saturated carbocycles. The van der Waals surface area contributed by atoms with Gasteiger partial charge in [0.1, 0.15) is 5.75 Å². The zero-order chi connectivity index (χ0) is 15.0. The zero-order valence-corrected chi connectivity index (χ0v) is 13.9. The Hall–Kier alpha value is -1.32. The normalized spacial score (nSPS) is 12.9. The van der Waals surface area contributed by atoms with E-state index in [4.69, 9.17) is 16.3 Å². The van der Waals surface area contributed by atoms with Crippen molar-refractivity contribution in [3.05, 3.63) is 62.1 Å². The molecule has 0 saturated heterocycles. The van der Waals surface area contributed by atoms with Gasteiger partial charge in [0.15, 0.2) is 5.78 Å². The fourth-order valence-electron chi connectivity index (χ4n) is 2.60. The summed E-state index contributed by atoms with van der Waals surface area (Å²) in [4.78, 5) is 12.6. The van der Waals surface area contributed by atoms with Crippen molar-refractivity contribution in [2.24, 2.45) is 0 Å². The molecule has 0 atom stereocenters. The van der Waals surface area contributed by atoms with Crippen molar-refractivity contribution < 1.29 is 9.53 Å². The van der Waals surface area contributed by atoms with Gasteiger partial charge in [0.05, 0.1) is 6.61 Å². The summed E-state index contributed by atoms with van der Waals surface area (Å²) in [6, 6.07) is 9.52. The molecule has 0 aliphatic carbocycles. The summed E-state index contributed by atoms with van der Waals surface area (Å²) < 4.78 is 6.47. The second-order valence-corrected chi connectivity index (χ2v) is 6.53. The molecule has 2 nitrogen and oxygen atoms in total. The summed E-state index contributed by atoms with van der Waals surface area (Å²) in [5.41, 5.74) is 3.72. The maximum absolute atomic E-state index is 12.6. The summed E-state index contributed by atoms with van der Waals surface area (Å²) in [6.45, 7) is 2.63. The van der Waals surface area contributed by atoms with E-state index in [1.807, 2.05) is 37.3 Å². The minimum Gasteiger partial charge on any atom is -0.493 e. The fraction of sp³-hybridized carbons (Fsp3) is 0.235. The molecule has 0 unspecified atom stereocenters. The van der Waals surface area contributed by atoms with Crippen LogP contribution in [0.4, 0.5) is 0 Å². The molecule has 0 radical (unpaired) electrons. The van der Waals surface area contributed by atoms with E-state index >= 15 is 0 Å². The maximum Gasteiger partial charge on any atom is 0.168 e. The van der Waals surface area contributed by atoms with Gasteiger partial charge < -0.3 is 4.74 Å². The number of aryl methyl sites for hydroxylation is 1. The minimum atomic E-state index is 0.0607. The Labute approximate surface area is 137 Å². The van der Waals surface area contributed by atoms with Crippen LogP contribution in [0.5, 0.6) is 5.75 Å². The van der Waals surface area contributed by atoms with E-state index < -0.39 is 0 Å². The molecule has 0 spiro atoms. The summed E-state index contributed by atoms with van der Waals surface area (Å²) in [6.07, 6.45) is 1.15. The van der Waals surface area contributed by atoms with Crippen LogP contribution in [0, 0.1) is 6.92 Å². The first kappa shape index (κ1) is 14.6. The van der Waals surface area contributed by atoms with Gasteiger partial charge in [-0.1, -0.05) is 39.2 Å². The number of hydrogen-bond acceptors (Lipinski definition) is 2. The lowest BCUT2D eigenvalue weighted by Gasteiger charge is -2.10. The number of hydrogen-bond donors (Lipinski definition) is 0. The Morgan fingerprint density at radius 1 is 1.33 bits per heavy atom. The standard InChI is InChI=1S/C17H14BrClO2/c1-10-2-3-15(18)14(6-10)16(20)9-12-8-13(19)7-11-4-5-21-17(11)12/h2-3,6-8H,4-5,9H2,1H3. The van der Waals surface area contributed by atoms with Crippen molar-refractivity contribution in [1.29, 1.82) is 0 Å². The monoisotopic (exact) mass is 364 g/mol. The van der Waals surface area contributed by atoms with E-state index in [1.165, 1.54) is 0 Å². The predicted molar refractivity (Wildman–Crippen MR) is 87.6 cm³/mol. The van der Waals surface area contributed by atoms with Crippen molar-refractivity contribution in [3.8, 4) is 5.75 Å². The molecule has 0 bridgehead atoms. The van der Waals surface area contributed by atoms with Crippen LogP contribution in [0.15, 0.2) is 34.8 Å². The molecular weight excluding hydrogens is 352 g/mol. The molecule has 4 heteroatoms. The predicted octanol–water partition coefficient (Wildman–Crippen LogP) is 4.77. The third kappa shape index (κ3) is 2.99. The summed E-state index contributed by atoms with van der Waals surface area (Å²) in [5, 5.41) is 0.658. The van der Waals surface area contributed by atoms with E-state index in [-0.39, 0.29) is 5.78 Å². The van der Waals surface area contributed by atoms with Gasteiger partial charge in [0, 0.05) is 33.5 Å². The molecule has 2 aromatic rings. The van der Waals surface area contributed by atoms with Crippen LogP contribution in [0.1, 0.15) is 27.0 Å². The molecule has 0 N–H and O–H groups in total. The highest BCUT2D eigenvalue weighted by Crippen LogP contribution is 2.34. The molecule has 21 heavy (non-hydrogen) atoms. The van der Waals surface area contributed by atoms with Gasteiger partial charge in [-0.15, -0.1) is 0 Å². The SMILES string of the molecule is Cc1ccc(Br)c(C(=O)Cc2cc(Cl)cc3c2OCC3)c1. The van der Waals surface area contributed by atoms with Crippen LogP contribution in [0.25, 0.3) is 0 Å². The first-order chi connectivity index (χ1) is 10.0. The molecular formula is C17H14BrClO2. The van der Waals surface area contributed by atoms with E-state index in [9.17, 15) is 4.79 Å². The molecule has 0 amide bonds. The van der Waals surface area contributed by atoms with E-state index in [0.717, 1.165) is 33.3 Å². The van der Waals surface area contributed by atoms with Crippen LogP contribution in [0.3, 0.4) is 0 Å². The van der Waals surface area contributed by atoms with E-state index in [0.29, 0.717) is 23.6 Å². The molecule has 3 rings (SSSR count). The highest BCUT2D eigenvalue weighted by Gasteiger charge is 2.20. The van der Waals surface area contributed by atoms with Crippen molar-refractivity contribution in [2.45, 2.75) is 19.8 Å². The molecule has 2 aromatic carbocycles. The fourth-order valence-corrected chi connectivity index (χ4v) is 3.33. The topological polar surface area (TPSA) is 26.3 Å². The third-order valence-corrected chi connectivity index (χ3v) is 4.51. The van der Waals surface area contributed by atoms with Gasteiger partial charge in [-0.3, -0.25) is 4.79 Å². The van der Waals surface area contributed by atoms with Crippen LogP contribution >= 0.6 is 27.5 Å². The van der Waals surface area contributed by atoms with Gasteiger partial charge in [-0.2, -0.15) is 0 Å². The van der Waals surface area contributed by atoms with Crippen molar-refractivity contribution in [2.75, 3.05) is 6.61 Å². The first-order valence-corrected chi connectivity index (χ1v) is 7.95. The smallest absolute Gasteiger partial charge is 0.168 e. The molecule has 108 valence electrons. The summed E-state index contributed by atoms with van der Waals surface area (Å²) in [7, 11) is 0. The summed E-state index contributed by atoms with van der Waals surface area (Å²) >= 11 is 9.58. The van der Waals surface area contributed by atoms with Gasteiger partial charge >= 0.3 is 0 Å². The number of rotatable bonds is 3. The Balaban J connectivity index is 1.94. The van der Waals surface area contributed by atoms with Crippen LogP contribution < -0.4 is 4.74 Å². The number of benzene rings is 2. The highest BCUT2D eigenvalue weighted by molar-refractivity contribution is 9.10. The van der Waals surface area contributed by atoms with E-state index in [1.54, 1.807) is 0 Å². The quantitative estimate of drug-likeness (QED) is 0.732. The number of ketones is 1. The molecule has 0 fully saturated rings. The second-order valence-electron chi connectivity index (χ2n) is 5.23. The van der Waals surface area contributed by atoms with Crippen molar-refractivity contribution in [1.82, 2.24) is 0 Å². The highest BCUT2D eigenvalue weighted by atomic mass is 79.9. The number of carbonyl (C=O) groups excluding carboxylic acids is 1. The molecule has 1 aliphatic heterocycles. The first-order valence-electron chi connectivity index (χ1n) is 6.78. The number of carbonyl (C=O) groups is 1. The molecule has 1 heterocycles. The lowest BCUT2D eigenvalue weighted by Crippen LogP contribution is -2.06. The maximum atomic E-state index is 12.6. The Morgan fingerprint density at radius 2 is 2.14 bits per heavy atom. The number of fused-ring (bicyclic) bond motifs is 1. The lowest BCUT2D eigenvalue weighted by atomic mass is 9.99. The van der Waals surface area contributed by atoms with Gasteiger partial charge in [0.2, 0.25) is 0 Å². The van der Waals surface area contributed by atoms with Gasteiger partial charge in [-0.25, -0.2) is 0 Å². The van der Waals surface area contributed by atoms with Gasteiger partial charge in [0.25, 0.3) is 0 Å². The Morgan fingerprint density at radius 3 is 2.95 bits per heavy atom. The summed E-state index contributed by atoms with van der Waals surface area (Å²) in [5.74, 6) is 0.891. The van der Waals surface area contributed by atoms with Crippen molar-refractivity contribution >= 4 is 33.3 Å². The van der Waals surface area contributed by atoms with Crippen LogP contribution in [-0.2, 0) is 12.8 Å². The third-order valence-electron chi connectivity index (χ3n) is 3.60. The second kappa shape index (κ2) is 5.82. The molecule has 0 aromatic heterocycles. The minimum absolute atomic E-state index is 0.0607. The average molecular weight is 366 g/mol. The van der Waals surface area contributed by atoms with E-state index in [2.05, 4.69) is 15.9 Å². The van der Waals surface area contributed by atoms with Gasteiger partial charge in [-0.05, 0) is 36.8 Å². The largest absolute Gasteiger partial charge is 0.493 e. The zero-order valence-electron chi connectivity index (χ0n) is 11.6. The molecule has 1 aliphatic rings. The Kier molecular flexibility index (Phi) is 4.05. The van der Waals surface area contributed by atoms with Crippen molar-refractivity contribution in [3.63, 3.8) is 0 Å². The van der Waals surface area contributed by atoms with Crippen LogP contribution in [0.2, 0.25) is 5.02 Å².